The molecule has 0 amide bonds. The summed E-state index contributed by atoms with van der Waals surface area (Å²) in [4.78, 5) is 82.6. The van der Waals surface area contributed by atoms with Gasteiger partial charge in [0, 0.05) is 22.7 Å². The zero-order chi connectivity index (χ0) is 37.9. The van der Waals surface area contributed by atoms with Crippen LogP contribution in [0.4, 0.5) is 5.69 Å². The molecule has 278 valence electrons. The van der Waals surface area contributed by atoms with E-state index in [0.717, 1.165) is 10.6 Å². The number of allylic oxidation sites excluding steroid dienone is 4. The summed E-state index contributed by atoms with van der Waals surface area (Å²) in [5, 5.41) is -0.364. The quantitative estimate of drug-likeness (QED) is 0.144. The van der Waals surface area contributed by atoms with Gasteiger partial charge in [-0.3, -0.25) is 28.6 Å². The standard InChI is InChI=1S/C25H27Cl2N3O17P4/c1-12-10-30(24(33)29-23(12)32)19-7-5-14(43-19)11-42-48(34,35)45-50(38,39)47-51(40,41)46-49(36,37)44-13-4-6-17-15(8-13)25(2,3)20-18(28-17)9-16(26)22(31)21(20)27/h4,6,8-10,14,19H,5,7,11H2,1-3H3,(H,34,35)(H,36,37)(H,38,39)(H,40,41)(H,29,32,33). The molecular weight excluding hydrogens is 809 g/mol. The Kier molecular flexibility index (Phi) is 11.1. The number of aromatic nitrogens is 2. The second kappa shape index (κ2) is 14.1. The van der Waals surface area contributed by atoms with Gasteiger partial charge in [-0.15, -0.1) is 0 Å². The van der Waals surface area contributed by atoms with Gasteiger partial charge >= 0.3 is 37.0 Å². The summed E-state index contributed by atoms with van der Waals surface area (Å²) >= 11 is 12.2. The second-order valence-corrected chi connectivity index (χ2v) is 18.5. The average molecular weight is 836 g/mol. The number of ketones is 1. The summed E-state index contributed by atoms with van der Waals surface area (Å²) in [5.74, 6) is -1.08. The molecule has 2 aromatic rings. The zero-order valence-corrected chi connectivity index (χ0v) is 31.3. The molecule has 6 unspecified atom stereocenters. The van der Waals surface area contributed by atoms with Crippen LogP contribution >= 0.6 is 54.5 Å². The van der Waals surface area contributed by atoms with Crippen LogP contribution in [0.15, 0.2) is 60.7 Å². The number of aromatic amines is 1. The van der Waals surface area contributed by atoms with Crippen molar-refractivity contribution in [3.05, 3.63) is 78.1 Å². The third-order valence-electron chi connectivity index (χ3n) is 7.47. The number of hydrogen-bond donors (Lipinski definition) is 5. The van der Waals surface area contributed by atoms with Gasteiger partial charge in [0.1, 0.15) is 12.0 Å². The van der Waals surface area contributed by atoms with Crippen LogP contribution in [0.2, 0.25) is 0 Å². The minimum atomic E-state index is -6.09. The minimum Gasteiger partial charge on any atom is -0.404 e. The van der Waals surface area contributed by atoms with Crippen molar-refractivity contribution >= 4 is 71.7 Å². The number of phosphoric ester groups is 2. The molecule has 1 fully saturated rings. The third-order valence-corrected chi connectivity index (χ3v) is 14.0. The molecule has 5 N–H and O–H groups in total. The van der Waals surface area contributed by atoms with Gasteiger partial charge in [0.2, 0.25) is 5.78 Å². The number of nitrogens with one attached hydrogen (secondary N) is 1. The largest absolute Gasteiger partial charge is 0.536 e. The maximum Gasteiger partial charge on any atom is 0.536 e. The van der Waals surface area contributed by atoms with Crippen LogP contribution in [-0.4, -0.2) is 53.3 Å². The van der Waals surface area contributed by atoms with Crippen LogP contribution in [0.3, 0.4) is 0 Å². The lowest BCUT2D eigenvalue weighted by atomic mass is 9.71. The third kappa shape index (κ3) is 9.07. The Hall–Kier alpha value is -2.34. The maximum atomic E-state index is 12.7. The SMILES string of the molecule is Cc1cn(C2CCC(COP(=O)(O)OP(=O)(O)OP(=O)(O)OP(=O)(O)Oc3ccc4c(c3)C(C)(C)C3=C(Cl)C(=O)C(Cl)=CC3=N4)O2)c(=O)[nH]c1=O. The number of ether oxygens (including phenoxy) is 1. The predicted molar refractivity (Wildman–Crippen MR) is 177 cm³/mol. The Labute approximate surface area is 296 Å². The van der Waals surface area contributed by atoms with Gasteiger partial charge in [-0.2, -0.15) is 12.9 Å². The number of rotatable bonds is 12. The average Bonchev–Trinajstić information content (AvgIpc) is 3.44. The molecule has 0 saturated carbocycles. The zero-order valence-electron chi connectivity index (χ0n) is 26.2. The number of nitrogens with zero attached hydrogens (tertiary/aromatic N) is 2. The fourth-order valence-corrected chi connectivity index (χ4v) is 10.9. The van der Waals surface area contributed by atoms with Crippen molar-refractivity contribution in [3.8, 4) is 5.75 Å². The van der Waals surface area contributed by atoms with Crippen LogP contribution in [0.25, 0.3) is 0 Å². The number of benzene rings is 1. The molecule has 1 saturated heterocycles. The smallest absolute Gasteiger partial charge is 0.404 e. The summed E-state index contributed by atoms with van der Waals surface area (Å²) in [7, 11) is -23.4. The number of carbonyl (C=O) groups excluding carboxylic acids is 1. The Bertz CT molecular complexity index is 2230. The summed E-state index contributed by atoms with van der Waals surface area (Å²) < 4.78 is 77.9. The van der Waals surface area contributed by atoms with Crippen LogP contribution in [0.1, 0.15) is 44.0 Å². The lowest BCUT2D eigenvalue weighted by Crippen LogP contribution is -2.33. The summed E-state index contributed by atoms with van der Waals surface area (Å²) in [6, 6.07) is 3.66. The summed E-state index contributed by atoms with van der Waals surface area (Å²) in [6.45, 7) is 4.02. The first kappa shape index (κ1) is 39.9. The van der Waals surface area contributed by atoms with E-state index in [9.17, 15) is 52.2 Å². The molecule has 0 radical (unpaired) electrons. The molecule has 5 rings (SSSR count). The van der Waals surface area contributed by atoms with Gasteiger partial charge in [-0.05, 0) is 49.6 Å². The van der Waals surface area contributed by atoms with E-state index in [-0.39, 0.29) is 28.5 Å². The topological polar surface area (TPSA) is 289 Å². The minimum absolute atomic E-state index is 0.154. The molecule has 20 nitrogen and oxygen atoms in total. The first-order valence-electron chi connectivity index (χ1n) is 14.2. The van der Waals surface area contributed by atoms with Gasteiger partial charge in [0.05, 0.1) is 34.2 Å². The number of Topliss-reactive ketones (excluding diaryl/α,β-unsaturated/α-hetero) is 1. The van der Waals surface area contributed by atoms with E-state index in [0.29, 0.717) is 22.5 Å². The molecule has 0 bridgehead atoms. The Morgan fingerprint density at radius 3 is 2.27 bits per heavy atom. The summed E-state index contributed by atoms with van der Waals surface area (Å²) in [5.41, 5.74) is -0.981. The van der Waals surface area contributed by atoms with Crippen molar-refractivity contribution < 1.29 is 69.3 Å². The molecular formula is C25H27Cl2N3O17P4. The monoisotopic (exact) mass is 835 g/mol. The number of aliphatic imine (C=N–C) groups is 1. The van der Waals surface area contributed by atoms with E-state index in [4.69, 9.17) is 32.5 Å². The van der Waals surface area contributed by atoms with Gasteiger partial charge in [0.25, 0.3) is 5.56 Å². The molecule has 3 aliphatic rings. The summed E-state index contributed by atoms with van der Waals surface area (Å²) in [6.07, 6.45) is 1.08. The van der Waals surface area contributed by atoms with E-state index in [2.05, 4.69) is 27.4 Å². The number of fused-ring (bicyclic) bond motifs is 2. The van der Waals surface area contributed by atoms with E-state index >= 15 is 0 Å². The highest BCUT2D eigenvalue weighted by molar-refractivity contribution is 7.69. The van der Waals surface area contributed by atoms with E-state index < -0.39 is 78.4 Å². The van der Waals surface area contributed by atoms with Crippen molar-refractivity contribution in [2.24, 2.45) is 4.99 Å². The predicted octanol–water partition coefficient (Wildman–Crippen LogP) is 4.63. The number of phosphoric acid groups is 4. The molecule has 1 aromatic carbocycles. The fourth-order valence-electron chi connectivity index (χ4n) is 5.29. The number of hydrogen-bond acceptors (Lipinski definition) is 14. The molecule has 51 heavy (non-hydrogen) atoms. The number of carbonyl (C=O) groups is 1. The molecule has 2 aliphatic heterocycles. The molecule has 6 atom stereocenters. The molecule has 1 aromatic heterocycles. The van der Waals surface area contributed by atoms with E-state index in [1.165, 1.54) is 31.3 Å². The van der Waals surface area contributed by atoms with Gasteiger partial charge in [-0.1, -0.05) is 37.0 Å². The first-order valence-corrected chi connectivity index (χ1v) is 20.9. The van der Waals surface area contributed by atoms with Crippen molar-refractivity contribution in [2.45, 2.75) is 51.4 Å². The first-order chi connectivity index (χ1) is 23.4. The normalized spacial score (nSPS) is 24.6. The molecule has 1 aliphatic carbocycles. The fraction of sp³-hybridized carbons (Fsp3) is 0.360. The lowest BCUT2D eigenvalue weighted by Gasteiger charge is -2.36. The van der Waals surface area contributed by atoms with E-state index in [1.54, 1.807) is 13.8 Å². The second-order valence-electron chi connectivity index (χ2n) is 11.6. The van der Waals surface area contributed by atoms with Gasteiger partial charge < -0.3 is 23.9 Å². The Balaban J connectivity index is 1.20. The Morgan fingerprint density at radius 2 is 1.61 bits per heavy atom. The lowest BCUT2D eigenvalue weighted by molar-refractivity contribution is -0.111. The number of aryl methyl sites for hydroxylation is 1. The van der Waals surface area contributed by atoms with Crippen LogP contribution in [0.5, 0.6) is 5.75 Å². The van der Waals surface area contributed by atoms with Crippen LogP contribution < -0.4 is 15.8 Å². The highest BCUT2D eigenvalue weighted by Crippen LogP contribution is 2.71. The molecule has 26 heteroatoms. The molecule has 3 heterocycles. The van der Waals surface area contributed by atoms with Crippen molar-refractivity contribution in [1.29, 1.82) is 0 Å². The van der Waals surface area contributed by atoms with Crippen LogP contribution in [0, 0.1) is 6.92 Å². The molecule has 0 spiro atoms. The van der Waals surface area contributed by atoms with Gasteiger partial charge in [0.15, 0.2) is 0 Å². The van der Waals surface area contributed by atoms with Gasteiger partial charge in [-0.25, -0.2) is 28.0 Å². The highest BCUT2D eigenvalue weighted by atomic mass is 35.5. The highest BCUT2D eigenvalue weighted by Gasteiger charge is 2.47. The van der Waals surface area contributed by atoms with Crippen molar-refractivity contribution in [3.63, 3.8) is 0 Å². The Morgan fingerprint density at radius 1 is 0.980 bits per heavy atom. The van der Waals surface area contributed by atoms with Crippen molar-refractivity contribution in [1.82, 2.24) is 9.55 Å². The van der Waals surface area contributed by atoms with E-state index in [1.807, 2.05) is 0 Å². The number of halogens is 2. The maximum absolute atomic E-state index is 12.7. The van der Waals surface area contributed by atoms with Crippen LogP contribution in [-0.2, 0) is 50.7 Å². The van der Waals surface area contributed by atoms with Crippen molar-refractivity contribution in [2.75, 3.05) is 6.61 Å². The number of H-pyrrole nitrogens is 1.